The minimum Gasteiger partial charge on any atom is -0.342 e. The summed E-state index contributed by atoms with van der Waals surface area (Å²) in [5, 5.41) is 0. The molecule has 1 saturated carbocycles. The highest BCUT2D eigenvalue weighted by molar-refractivity contribution is 9.10. The Balaban J connectivity index is 1.73. The quantitative estimate of drug-likeness (QED) is 0.795. The highest BCUT2D eigenvalue weighted by atomic mass is 79.9. The van der Waals surface area contributed by atoms with Crippen molar-refractivity contribution in [1.82, 2.24) is 9.21 Å². The molecule has 0 N–H and O–H groups in total. The van der Waals surface area contributed by atoms with E-state index in [1.165, 1.54) is 4.31 Å². The van der Waals surface area contributed by atoms with Crippen molar-refractivity contribution in [1.29, 1.82) is 0 Å². The number of rotatable bonds is 4. The third-order valence-electron chi connectivity index (χ3n) is 4.38. The van der Waals surface area contributed by atoms with Crippen LogP contribution in [0.4, 0.5) is 0 Å². The van der Waals surface area contributed by atoms with E-state index in [9.17, 15) is 13.2 Å². The molecular formula is C15H19BrN2O3S. The summed E-state index contributed by atoms with van der Waals surface area (Å²) >= 11 is 3.30. The molecule has 1 saturated heterocycles. The van der Waals surface area contributed by atoms with Crippen LogP contribution >= 0.6 is 15.9 Å². The van der Waals surface area contributed by atoms with Gasteiger partial charge in [0.1, 0.15) is 0 Å². The lowest BCUT2D eigenvalue weighted by Gasteiger charge is -2.21. The van der Waals surface area contributed by atoms with Crippen LogP contribution in [0.1, 0.15) is 19.3 Å². The Hall–Kier alpha value is -0.920. The van der Waals surface area contributed by atoms with Gasteiger partial charge in [-0.1, -0.05) is 22.0 Å². The molecule has 1 aliphatic carbocycles. The number of hydrogen-bond acceptors (Lipinski definition) is 3. The van der Waals surface area contributed by atoms with Crippen molar-refractivity contribution in [2.45, 2.75) is 30.2 Å². The molecule has 22 heavy (non-hydrogen) atoms. The van der Waals surface area contributed by atoms with E-state index in [4.69, 9.17) is 0 Å². The second-order valence-electron chi connectivity index (χ2n) is 5.99. The summed E-state index contributed by atoms with van der Waals surface area (Å²) in [7, 11) is -1.70. The number of sulfonamides is 1. The number of carbonyl (C=O) groups is 1. The first kappa shape index (κ1) is 16.0. The fourth-order valence-electron chi connectivity index (χ4n) is 2.85. The zero-order chi connectivity index (χ0) is 15.9. The van der Waals surface area contributed by atoms with Crippen molar-refractivity contribution in [2.75, 3.05) is 20.1 Å². The maximum absolute atomic E-state index is 12.7. The van der Waals surface area contributed by atoms with E-state index in [0.29, 0.717) is 19.0 Å². The van der Waals surface area contributed by atoms with Gasteiger partial charge in [-0.05, 0) is 37.5 Å². The molecule has 1 heterocycles. The number of benzene rings is 1. The van der Waals surface area contributed by atoms with Gasteiger partial charge in [-0.2, -0.15) is 4.31 Å². The van der Waals surface area contributed by atoms with Crippen LogP contribution in [0.25, 0.3) is 0 Å². The summed E-state index contributed by atoms with van der Waals surface area (Å²) < 4.78 is 27.5. The van der Waals surface area contributed by atoms with E-state index in [0.717, 1.165) is 17.3 Å². The SMILES string of the molecule is CN(C(=O)C1CCN(S(=O)(=O)c2cccc(Br)c2)C1)C1CC1. The van der Waals surface area contributed by atoms with E-state index >= 15 is 0 Å². The first-order valence-corrected chi connectivity index (χ1v) is 9.65. The van der Waals surface area contributed by atoms with Gasteiger partial charge >= 0.3 is 0 Å². The van der Waals surface area contributed by atoms with Gasteiger partial charge in [-0.15, -0.1) is 0 Å². The predicted molar refractivity (Wildman–Crippen MR) is 86.8 cm³/mol. The Kier molecular flexibility index (Phi) is 4.31. The number of hydrogen-bond donors (Lipinski definition) is 0. The van der Waals surface area contributed by atoms with Gasteiger partial charge < -0.3 is 4.90 Å². The largest absolute Gasteiger partial charge is 0.342 e. The second-order valence-corrected chi connectivity index (χ2v) is 8.84. The van der Waals surface area contributed by atoms with Gasteiger partial charge in [0.05, 0.1) is 10.8 Å². The van der Waals surface area contributed by atoms with Crippen LogP contribution in [0.2, 0.25) is 0 Å². The first-order chi connectivity index (χ1) is 10.4. The third kappa shape index (κ3) is 3.07. The van der Waals surface area contributed by atoms with Crippen LogP contribution in [0.5, 0.6) is 0 Å². The Labute approximate surface area is 139 Å². The molecule has 0 bridgehead atoms. The molecule has 2 aliphatic rings. The Bertz CT molecular complexity index is 688. The Morgan fingerprint density at radius 1 is 1.32 bits per heavy atom. The molecule has 1 aromatic rings. The summed E-state index contributed by atoms with van der Waals surface area (Å²) in [4.78, 5) is 14.4. The smallest absolute Gasteiger partial charge is 0.243 e. The second kappa shape index (κ2) is 5.94. The molecule has 7 heteroatoms. The van der Waals surface area contributed by atoms with Crippen molar-refractivity contribution in [2.24, 2.45) is 5.92 Å². The fraction of sp³-hybridized carbons (Fsp3) is 0.533. The lowest BCUT2D eigenvalue weighted by Crippen LogP contribution is -2.37. The van der Waals surface area contributed by atoms with Gasteiger partial charge in [0.2, 0.25) is 15.9 Å². The third-order valence-corrected chi connectivity index (χ3v) is 6.73. The zero-order valence-electron chi connectivity index (χ0n) is 12.4. The average molecular weight is 387 g/mol. The first-order valence-electron chi connectivity index (χ1n) is 7.42. The lowest BCUT2D eigenvalue weighted by molar-refractivity contribution is -0.134. The van der Waals surface area contributed by atoms with Crippen molar-refractivity contribution in [3.63, 3.8) is 0 Å². The van der Waals surface area contributed by atoms with E-state index in [1.54, 1.807) is 29.2 Å². The summed E-state index contributed by atoms with van der Waals surface area (Å²) in [6, 6.07) is 7.05. The number of halogens is 1. The van der Waals surface area contributed by atoms with Crippen LogP contribution in [-0.4, -0.2) is 49.7 Å². The minimum absolute atomic E-state index is 0.0782. The topological polar surface area (TPSA) is 57.7 Å². The van der Waals surface area contributed by atoms with Crippen molar-refractivity contribution in [3.8, 4) is 0 Å². The van der Waals surface area contributed by atoms with Gasteiger partial charge in [-0.25, -0.2) is 8.42 Å². The molecule has 2 fully saturated rings. The normalized spacial score (nSPS) is 22.7. The average Bonchev–Trinajstić information content (AvgIpc) is 3.22. The molecule has 1 aromatic carbocycles. The highest BCUT2D eigenvalue weighted by Gasteiger charge is 2.39. The molecule has 0 radical (unpaired) electrons. The maximum atomic E-state index is 12.7. The van der Waals surface area contributed by atoms with Gasteiger partial charge in [0.15, 0.2) is 0 Å². The molecule has 1 unspecified atom stereocenters. The molecule has 1 amide bonds. The standard InChI is InChI=1S/C15H19BrN2O3S/c1-17(13-5-6-13)15(19)11-7-8-18(10-11)22(20,21)14-4-2-3-12(16)9-14/h2-4,9,11,13H,5-8,10H2,1H3. The number of carbonyl (C=O) groups excluding carboxylic acids is 1. The highest BCUT2D eigenvalue weighted by Crippen LogP contribution is 2.30. The molecule has 0 aromatic heterocycles. The maximum Gasteiger partial charge on any atom is 0.243 e. The van der Waals surface area contributed by atoms with Crippen LogP contribution in [0, 0.1) is 5.92 Å². The fourth-order valence-corrected chi connectivity index (χ4v) is 4.95. The van der Waals surface area contributed by atoms with Crippen LogP contribution < -0.4 is 0 Å². The zero-order valence-corrected chi connectivity index (χ0v) is 14.8. The predicted octanol–water partition coefficient (Wildman–Crippen LogP) is 2.08. The van der Waals surface area contributed by atoms with E-state index in [1.807, 2.05) is 7.05 Å². The van der Waals surface area contributed by atoms with E-state index in [2.05, 4.69) is 15.9 Å². The van der Waals surface area contributed by atoms with Crippen LogP contribution in [0.3, 0.4) is 0 Å². The molecule has 1 atom stereocenters. The summed E-state index contributed by atoms with van der Waals surface area (Å²) in [5.74, 6) is -0.137. The molecule has 120 valence electrons. The van der Waals surface area contributed by atoms with E-state index < -0.39 is 10.0 Å². The Morgan fingerprint density at radius 2 is 2.05 bits per heavy atom. The number of amides is 1. The lowest BCUT2D eigenvalue weighted by atomic mass is 10.1. The molecule has 5 nitrogen and oxygen atoms in total. The van der Waals surface area contributed by atoms with E-state index in [-0.39, 0.29) is 23.3 Å². The summed E-state index contributed by atoms with van der Waals surface area (Å²) in [5.41, 5.74) is 0. The van der Waals surface area contributed by atoms with Crippen LogP contribution in [-0.2, 0) is 14.8 Å². The molecule has 3 rings (SSSR count). The van der Waals surface area contributed by atoms with Gasteiger partial charge in [-0.3, -0.25) is 4.79 Å². The van der Waals surface area contributed by atoms with Crippen LogP contribution in [0.15, 0.2) is 33.6 Å². The van der Waals surface area contributed by atoms with Crippen molar-refractivity contribution < 1.29 is 13.2 Å². The van der Waals surface area contributed by atoms with Gasteiger partial charge in [0, 0.05) is 30.7 Å². The van der Waals surface area contributed by atoms with Gasteiger partial charge in [0.25, 0.3) is 0 Å². The molecule has 0 spiro atoms. The monoisotopic (exact) mass is 386 g/mol. The molecular weight excluding hydrogens is 368 g/mol. The van der Waals surface area contributed by atoms with Crippen molar-refractivity contribution in [3.05, 3.63) is 28.7 Å². The summed E-state index contributed by atoms with van der Waals surface area (Å²) in [6.45, 7) is 0.689. The minimum atomic E-state index is -3.53. The number of nitrogens with zero attached hydrogens (tertiary/aromatic N) is 2. The van der Waals surface area contributed by atoms with Crippen molar-refractivity contribution >= 4 is 31.9 Å². The summed E-state index contributed by atoms with van der Waals surface area (Å²) in [6.07, 6.45) is 2.73. The Morgan fingerprint density at radius 3 is 2.68 bits per heavy atom. The molecule has 1 aliphatic heterocycles.